The van der Waals surface area contributed by atoms with Gasteiger partial charge in [-0.2, -0.15) is 5.26 Å². The number of rotatable bonds is 7. The lowest BCUT2D eigenvalue weighted by Gasteiger charge is -2.37. The largest absolute Gasteiger partial charge is 0.372 e. The predicted molar refractivity (Wildman–Crippen MR) is 129 cm³/mol. The van der Waals surface area contributed by atoms with Crippen molar-refractivity contribution < 1.29 is 0 Å². The fraction of sp³-hybridized carbons (Fsp3) is 0.138. The highest BCUT2D eigenvalue weighted by molar-refractivity contribution is 5.64. The van der Waals surface area contributed by atoms with Gasteiger partial charge in [-0.25, -0.2) is 0 Å². The molecule has 4 aromatic carbocycles. The molecule has 0 aliphatic heterocycles. The summed E-state index contributed by atoms with van der Waals surface area (Å²) in [5.74, 6) is 0. The molecule has 2 nitrogen and oxygen atoms in total. The summed E-state index contributed by atoms with van der Waals surface area (Å²) >= 11 is 0. The number of para-hydroxylation sites is 1. The highest BCUT2D eigenvalue weighted by Gasteiger charge is 2.34. The number of nitriles is 1. The Morgan fingerprint density at radius 1 is 0.677 bits per heavy atom. The van der Waals surface area contributed by atoms with Gasteiger partial charge >= 0.3 is 0 Å². The van der Waals surface area contributed by atoms with Crippen LogP contribution in [0.15, 0.2) is 109 Å². The van der Waals surface area contributed by atoms with Crippen molar-refractivity contribution in [2.45, 2.75) is 25.3 Å². The molecule has 0 aliphatic rings. The van der Waals surface area contributed by atoms with Crippen molar-refractivity contribution >= 4 is 5.69 Å². The molecule has 4 rings (SSSR count). The van der Waals surface area contributed by atoms with Crippen LogP contribution in [0.4, 0.5) is 5.69 Å². The monoisotopic (exact) mass is 402 g/mol. The topological polar surface area (TPSA) is 35.8 Å². The molecule has 1 unspecified atom stereocenters. The van der Waals surface area contributed by atoms with Crippen molar-refractivity contribution in [3.05, 3.63) is 126 Å². The molecule has 0 amide bonds. The van der Waals surface area contributed by atoms with Gasteiger partial charge in [-0.1, -0.05) is 103 Å². The van der Waals surface area contributed by atoms with Crippen molar-refractivity contribution in [1.82, 2.24) is 0 Å². The van der Waals surface area contributed by atoms with Crippen LogP contribution in [0.25, 0.3) is 11.1 Å². The summed E-state index contributed by atoms with van der Waals surface area (Å²) in [5, 5.41) is 13.2. The van der Waals surface area contributed by atoms with Crippen molar-refractivity contribution in [2.75, 3.05) is 5.32 Å². The summed E-state index contributed by atoms with van der Waals surface area (Å²) in [6, 6.07) is 40.4. The molecule has 0 fully saturated rings. The zero-order chi connectivity index (χ0) is 21.5. The van der Waals surface area contributed by atoms with Gasteiger partial charge in [0.15, 0.2) is 0 Å². The van der Waals surface area contributed by atoms with Crippen LogP contribution < -0.4 is 5.32 Å². The Morgan fingerprint density at radius 2 is 1.19 bits per heavy atom. The van der Waals surface area contributed by atoms with E-state index in [0.717, 1.165) is 16.8 Å². The highest BCUT2D eigenvalue weighted by Crippen LogP contribution is 2.39. The summed E-state index contributed by atoms with van der Waals surface area (Å²) in [4.78, 5) is 0. The fourth-order valence-electron chi connectivity index (χ4n) is 4.09. The molecule has 0 bridgehead atoms. The zero-order valence-corrected chi connectivity index (χ0v) is 17.8. The Kier molecular flexibility index (Phi) is 6.15. The molecule has 1 N–H and O–H groups in total. The van der Waals surface area contributed by atoms with E-state index in [1.807, 2.05) is 24.3 Å². The van der Waals surface area contributed by atoms with E-state index >= 15 is 0 Å². The molecule has 0 radical (unpaired) electrons. The van der Waals surface area contributed by atoms with E-state index in [1.165, 1.54) is 16.7 Å². The van der Waals surface area contributed by atoms with Crippen LogP contribution in [0.5, 0.6) is 0 Å². The Labute approximate surface area is 184 Å². The minimum atomic E-state index is -0.500. The van der Waals surface area contributed by atoms with Crippen molar-refractivity contribution in [1.29, 1.82) is 5.26 Å². The first-order chi connectivity index (χ1) is 15.2. The van der Waals surface area contributed by atoms with Crippen LogP contribution in [-0.2, 0) is 5.54 Å². The molecule has 0 heterocycles. The van der Waals surface area contributed by atoms with E-state index in [-0.39, 0.29) is 0 Å². The van der Waals surface area contributed by atoms with Crippen molar-refractivity contribution in [3.63, 3.8) is 0 Å². The summed E-state index contributed by atoms with van der Waals surface area (Å²) in [7, 11) is 0. The van der Waals surface area contributed by atoms with Crippen molar-refractivity contribution in [3.8, 4) is 17.2 Å². The maximum Gasteiger partial charge on any atom is 0.0889 e. The van der Waals surface area contributed by atoms with E-state index in [2.05, 4.69) is 103 Å². The molecular weight excluding hydrogens is 376 g/mol. The van der Waals surface area contributed by atoms with Crippen LogP contribution in [-0.4, -0.2) is 0 Å². The number of nitrogens with zero attached hydrogens (tertiary/aromatic N) is 1. The highest BCUT2D eigenvalue weighted by atomic mass is 15.0. The molecule has 0 aromatic heterocycles. The van der Waals surface area contributed by atoms with Gasteiger partial charge in [0.05, 0.1) is 11.6 Å². The molecule has 1 atom stereocenters. The standard InChI is InChI=1S/C29H26N2/c1-23-13-17-26(18-14-23)29(21-8-22-30,31-28-11-6-3-7-12-28)27-19-15-25(16-20-27)24-9-4-2-5-10-24/h2-7,9-20,31H,8,21H2,1H3. The molecule has 152 valence electrons. The lowest BCUT2D eigenvalue weighted by molar-refractivity contribution is 0.544. The van der Waals surface area contributed by atoms with Gasteiger partial charge in [0.2, 0.25) is 0 Å². The Bertz CT molecular complexity index is 1140. The molecule has 31 heavy (non-hydrogen) atoms. The van der Waals surface area contributed by atoms with E-state index in [9.17, 15) is 5.26 Å². The molecule has 0 spiro atoms. The number of benzene rings is 4. The zero-order valence-electron chi connectivity index (χ0n) is 17.8. The number of anilines is 1. The first kappa shape index (κ1) is 20.4. The third-order valence-electron chi connectivity index (χ3n) is 5.77. The second-order valence-electron chi connectivity index (χ2n) is 7.86. The predicted octanol–water partition coefficient (Wildman–Crippen LogP) is 7.32. The van der Waals surface area contributed by atoms with Crippen LogP contribution in [0.2, 0.25) is 0 Å². The normalized spacial score (nSPS) is 12.5. The smallest absolute Gasteiger partial charge is 0.0889 e. The lowest BCUT2D eigenvalue weighted by Crippen LogP contribution is -2.36. The van der Waals surface area contributed by atoms with Crippen molar-refractivity contribution in [2.24, 2.45) is 0 Å². The quantitative estimate of drug-likeness (QED) is 0.351. The first-order valence-corrected chi connectivity index (χ1v) is 10.6. The van der Waals surface area contributed by atoms with E-state index in [0.29, 0.717) is 12.8 Å². The van der Waals surface area contributed by atoms with Gasteiger partial charge < -0.3 is 5.32 Å². The summed E-state index contributed by atoms with van der Waals surface area (Å²) < 4.78 is 0. The third-order valence-corrected chi connectivity index (χ3v) is 5.77. The van der Waals surface area contributed by atoms with E-state index in [1.54, 1.807) is 0 Å². The van der Waals surface area contributed by atoms with Gasteiger partial charge in [-0.15, -0.1) is 0 Å². The molecule has 4 aromatic rings. The fourth-order valence-corrected chi connectivity index (χ4v) is 4.09. The third kappa shape index (κ3) is 4.52. The number of hydrogen-bond acceptors (Lipinski definition) is 2. The molecular formula is C29H26N2. The van der Waals surface area contributed by atoms with Crippen LogP contribution in [0, 0.1) is 18.3 Å². The molecule has 0 aliphatic carbocycles. The molecule has 2 heteroatoms. The van der Waals surface area contributed by atoms with E-state index in [4.69, 9.17) is 0 Å². The second kappa shape index (κ2) is 9.32. The Balaban J connectivity index is 1.83. The lowest BCUT2D eigenvalue weighted by atomic mass is 9.78. The molecule has 0 saturated heterocycles. The maximum absolute atomic E-state index is 9.45. The summed E-state index contributed by atoms with van der Waals surface area (Å²) in [6.07, 6.45) is 1.13. The first-order valence-electron chi connectivity index (χ1n) is 10.6. The number of nitrogens with one attached hydrogen (secondary N) is 1. The minimum absolute atomic E-state index is 0.453. The summed E-state index contributed by atoms with van der Waals surface area (Å²) in [6.45, 7) is 2.10. The van der Waals surface area contributed by atoms with Gasteiger partial charge in [-0.3, -0.25) is 0 Å². The van der Waals surface area contributed by atoms with Gasteiger partial charge in [-0.05, 0) is 47.7 Å². The molecule has 0 saturated carbocycles. The van der Waals surface area contributed by atoms with Gasteiger partial charge in [0.1, 0.15) is 0 Å². The van der Waals surface area contributed by atoms with Crippen LogP contribution in [0.3, 0.4) is 0 Å². The van der Waals surface area contributed by atoms with Gasteiger partial charge in [0, 0.05) is 12.1 Å². The van der Waals surface area contributed by atoms with Crippen LogP contribution >= 0.6 is 0 Å². The van der Waals surface area contributed by atoms with Crippen LogP contribution in [0.1, 0.15) is 29.5 Å². The Morgan fingerprint density at radius 3 is 1.77 bits per heavy atom. The summed E-state index contributed by atoms with van der Waals surface area (Å²) in [5.41, 5.74) is 6.44. The minimum Gasteiger partial charge on any atom is -0.372 e. The number of aryl methyl sites for hydroxylation is 1. The number of hydrogen-bond donors (Lipinski definition) is 1. The second-order valence-corrected chi connectivity index (χ2v) is 7.86. The average Bonchev–Trinajstić information content (AvgIpc) is 2.84. The maximum atomic E-state index is 9.45. The SMILES string of the molecule is Cc1ccc(C(CCC#N)(Nc2ccccc2)c2ccc(-c3ccccc3)cc2)cc1. The average molecular weight is 403 g/mol. The Hall–Kier alpha value is -3.83. The van der Waals surface area contributed by atoms with E-state index < -0.39 is 5.54 Å². The van der Waals surface area contributed by atoms with Gasteiger partial charge in [0.25, 0.3) is 0 Å².